The van der Waals surface area contributed by atoms with Gasteiger partial charge in [-0.25, -0.2) is 0 Å². The van der Waals surface area contributed by atoms with Crippen molar-refractivity contribution in [2.75, 3.05) is 0 Å². The van der Waals surface area contributed by atoms with Gasteiger partial charge in [0.15, 0.2) is 0 Å². The van der Waals surface area contributed by atoms with E-state index in [-0.39, 0.29) is 0 Å². The Hall–Kier alpha value is -0.491. The summed E-state index contributed by atoms with van der Waals surface area (Å²) in [5, 5.41) is 0. The maximum absolute atomic E-state index is 14.2. The molecule has 0 saturated heterocycles. The molecule has 5 heteroatoms. The van der Waals surface area contributed by atoms with Gasteiger partial charge < -0.3 is 0 Å². The molecule has 2 rings (SSSR count). The molecule has 0 amide bonds. The van der Waals surface area contributed by atoms with Crippen molar-refractivity contribution in [3.05, 3.63) is 41.5 Å². The first-order valence-electron chi connectivity index (χ1n) is 14.5. The molecule has 0 bridgehead atoms. The van der Waals surface area contributed by atoms with Crippen molar-refractivity contribution >= 4 is 32.6 Å². The van der Waals surface area contributed by atoms with Crippen LogP contribution in [0.25, 0.3) is 10.4 Å². The molecule has 0 nitrogen and oxygen atoms in total. The summed E-state index contributed by atoms with van der Waals surface area (Å²) in [4.78, 5) is 1.02. The number of rotatable bonds is 17. The molecule has 2 aromatic rings. The summed E-state index contributed by atoms with van der Waals surface area (Å²) in [6.07, 6.45) is 7.85. The summed E-state index contributed by atoms with van der Waals surface area (Å²) in [7, 11) is 0. The van der Waals surface area contributed by atoms with E-state index in [1.165, 1.54) is 57.9 Å². The van der Waals surface area contributed by atoms with Crippen LogP contribution in [0.15, 0.2) is 30.3 Å². The van der Waals surface area contributed by atoms with Gasteiger partial charge in [-0.15, -0.1) is 0 Å². The van der Waals surface area contributed by atoms with Crippen LogP contribution in [0.3, 0.4) is 0 Å². The van der Waals surface area contributed by atoms with E-state index >= 15 is 0 Å². The molecule has 0 N–H and O–H groups in total. The number of hydrogen-bond acceptors (Lipinski definition) is 1. The number of hydrogen-bond donors (Lipinski definition) is 0. The number of alkyl halides is 3. The van der Waals surface area contributed by atoms with Gasteiger partial charge in [0.25, 0.3) is 0 Å². The van der Waals surface area contributed by atoms with E-state index in [1.54, 1.807) is 8.96 Å². The van der Waals surface area contributed by atoms with E-state index < -0.39 is 30.1 Å². The van der Waals surface area contributed by atoms with Crippen LogP contribution in [0.5, 0.6) is 0 Å². The van der Waals surface area contributed by atoms with Gasteiger partial charge in [0.1, 0.15) is 0 Å². The van der Waals surface area contributed by atoms with E-state index in [2.05, 4.69) is 46.8 Å². The van der Waals surface area contributed by atoms with Crippen LogP contribution in [0.4, 0.5) is 13.2 Å². The van der Waals surface area contributed by atoms with E-state index in [4.69, 9.17) is 0 Å². The Bertz CT molecular complexity index is 864. The molecule has 1 atom stereocenters. The molecule has 0 fully saturated rings. The van der Waals surface area contributed by atoms with Crippen molar-refractivity contribution in [1.82, 2.24) is 0 Å². The third kappa shape index (κ3) is 9.06. The summed E-state index contributed by atoms with van der Waals surface area (Å²) in [5.74, 6) is 0.315. The summed E-state index contributed by atoms with van der Waals surface area (Å²) < 4.78 is 48.3. The Morgan fingerprint density at radius 1 is 0.778 bits per heavy atom. The molecular weight excluding hydrogens is 580 g/mol. The first-order chi connectivity index (χ1) is 17.2. The van der Waals surface area contributed by atoms with Crippen molar-refractivity contribution < 1.29 is 13.2 Å². The summed E-state index contributed by atoms with van der Waals surface area (Å²) in [6, 6.07) is 9.61. The minimum atomic E-state index is -4.32. The Labute approximate surface area is 227 Å². The summed E-state index contributed by atoms with van der Waals surface area (Å²) in [5.41, 5.74) is 0.779. The van der Waals surface area contributed by atoms with Gasteiger partial charge >= 0.3 is 221 Å². The van der Waals surface area contributed by atoms with E-state index in [0.717, 1.165) is 36.1 Å². The molecule has 0 spiro atoms. The number of halogens is 3. The first-order valence-corrected chi connectivity index (χ1v) is 22.8. The second kappa shape index (κ2) is 15.8. The van der Waals surface area contributed by atoms with E-state index in [0.29, 0.717) is 17.9 Å². The van der Waals surface area contributed by atoms with Crippen LogP contribution in [0.2, 0.25) is 13.3 Å². The SMILES string of the molecule is CCCCC(CC)Cc1ccc(-c2cc[c]([Sn]([CH2]CCC)([CH2]CCC)[CH2]CCC)s2)cc1C(F)(F)F. The normalized spacial score (nSPS) is 13.3. The predicted octanol–water partition coefficient (Wildman–Crippen LogP) is 11.2. The fourth-order valence-corrected chi connectivity index (χ4v) is 25.6. The number of unbranched alkanes of at least 4 members (excludes halogenated alkanes) is 4. The zero-order valence-electron chi connectivity index (χ0n) is 23.4. The van der Waals surface area contributed by atoms with Gasteiger partial charge in [0.2, 0.25) is 0 Å². The Morgan fingerprint density at radius 2 is 1.36 bits per heavy atom. The molecule has 0 aliphatic carbocycles. The second-order valence-corrected chi connectivity index (χ2v) is 26.0. The fraction of sp³-hybridized carbons (Fsp3) is 0.677. The third-order valence-electron chi connectivity index (χ3n) is 7.91. The van der Waals surface area contributed by atoms with Gasteiger partial charge in [-0.1, -0.05) is 6.92 Å². The Morgan fingerprint density at radius 3 is 1.86 bits per heavy atom. The molecule has 36 heavy (non-hydrogen) atoms. The van der Waals surface area contributed by atoms with Crippen molar-refractivity contribution in [3.8, 4) is 10.4 Å². The zero-order chi connectivity index (χ0) is 26.6. The van der Waals surface area contributed by atoms with Gasteiger partial charge in [-0.05, 0) is 0 Å². The quantitative estimate of drug-likeness (QED) is 0.153. The van der Waals surface area contributed by atoms with Gasteiger partial charge in [-0.3, -0.25) is 0 Å². The molecule has 0 aliphatic rings. The summed E-state index contributed by atoms with van der Waals surface area (Å²) >= 11 is -0.752. The minimum absolute atomic E-state index is 0.315. The number of benzene rings is 1. The molecule has 0 saturated carbocycles. The van der Waals surface area contributed by atoms with Crippen molar-refractivity contribution in [2.45, 2.75) is 125 Å². The van der Waals surface area contributed by atoms with Crippen LogP contribution in [-0.4, -0.2) is 18.4 Å². The molecule has 1 aromatic carbocycles. The van der Waals surface area contributed by atoms with Crippen LogP contribution in [-0.2, 0) is 12.6 Å². The van der Waals surface area contributed by atoms with E-state index in [9.17, 15) is 13.2 Å². The van der Waals surface area contributed by atoms with Crippen molar-refractivity contribution in [3.63, 3.8) is 0 Å². The van der Waals surface area contributed by atoms with Gasteiger partial charge in [-0.2, -0.15) is 0 Å². The Balaban J connectivity index is 2.44. The fourth-order valence-electron chi connectivity index (χ4n) is 5.49. The predicted molar refractivity (Wildman–Crippen MR) is 156 cm³/mol. The van der Waals surface area contributed by atoms with E-state index in [1.807, 2.05) is 17.4 Å². The molecule has 1 heterocycles. The van der Waals surface area contributed by atoms with Crippen LogP contribution < -0.4 is 2.89 Å². The van der Waals surface area contributed by atoms with Crippen molar-refractivity contribution in [1.29, 1.82) is 0 Å². The molecule has 1 unspecified atom stereocenters. The first kappa shape index (κ1) is 31.7. The molecule has 1 aromatic heterocycles. The average Bonchev–Trinajstić information content (AvgIpc) is 3.36. The molecular formula is C31H49F3SSn. The number of thiophene rings is 1. The third-order valence-corrected chi connectivity index (χ3v) is 27.3. The van der Waals surface area contributed by atoms with Gasteiger partial charge in [0.05, 0.1) is 0 Å². The standard InChI is InChI=1S/C19H22F3S.3C4H9.Sn/c1-3-5-7-14(4-2)12-15-9-10-16(18-8-6-11-23-18)13-17(15)19(20,21)22;3*1-3-4-2;/h6,8-10,13-14H,3-5,7,12H2,1-2H3;3*1,3-4H2,2H3;. The van der Waals surface area contributed by atoms with Crippen molar-refractivity contribution in [2.24, 2.45) is 5.92 Å². The van der Waals surface area contributed by atoms with Gasteiger partial charge in [0, 0.05) is 0 Å². The second-order valence-electron chi connectivity index (χ2n) is 10.7. The zero-order valence-corrected chi connectivity index (χ0v) is 27.1. The monoisotopic (exact) mass is 630 g/mol. The van der Waals surface area contributed by atoms with Crippen LogP contribution >= 0.6 is 11.3 Å². The Kier molecular flexibility index (Phi) is 13.9. The molecule has 0 radical (unpaired) electrons. The van der Waals surface area contributed by atoms with Crippen LogP contribution in [0.1, 0.15) is 110 Å². The maximum atomic E-state index is 14.2. The molecule has 204 valence electrons. The topological polar surface area (TPSA) is 0 Å². The summed E-state index contributed by atoms with van der Waals surface area (Å²) in [6.45, 7) is 11.1. The average molecular weight is 630 g/mol. The molecule has 0 aliphatic heterocycles. The van der Waals surface area contributed by atoms with Crippen LogP contribution in [0, 0.1) is 5.92 Å².